The molecule has 2 heterocycles. The van der Waals surface area contributed by atoms with E-state index in [2.05, 4.69) is 0 Å². The Bertz CT molecular complexity index is 945. The fourth-order valence-electron chi connectivity index (χ4n) is 3.10. The van der Waals surface area contributed by atoms with Gasteiger partial charge in [0.25, 0.3) is 0 Å². The minimum Gasteiger partial charge on any atom is -0.477 e. The molecule has 5 nitrogen and oxygen atoms in total. The zero-order chi connectivity index (χ0) is 14.6. The normalized spacial score (nSPS) is 14.5. The Morgan fingerprint density at radius 3 is 2.67 bits per heavy atom. The van der Waals surface area contributed by atoms with Crippen LogP contribution in [0.15, 0.2) is 31.8 Å². The third-order valence-corrected chi connectivity index (χ3v) is 4.06. The molecule has 1 aliphatic carbocycles. The van der Waals surface area contributed by atoms with Crippen LogP contribution in [0.1, 0.15) is 34.5 Å². The molecule has 21 heavy (non-hydrogen) atoms. The molecule has 0 saturated heterocycles. The molecule has 1 aromatic carbocycles. The van der Waals surface area contributed by atoms with Crippen molar-refractivity contribution in [1.29, 1.82) is 0 Å². The second kappa shape index (κ2) is 4.22. The first-order chi connectivity index (χ1) is 10.1. The second-order valence-corrected chi connectivity index (χ2v) is 5.31. The van der Waals surface area contributed by atoms with E-state index in [1.807, 2.05) is 0 Å². The van der Waals surface area contributed by atoms with E-state index in [1.54, 1.807) is 12.1 Å². The number of carboxylic acid groups (broad SMARTS) is 1. The number of aryl methyl sites for hydroxylation is 2. The number of rotatable bonds is 1. The maximum Gasteiger partial charge on any atom is 0.351 e. The molecule has 4 rings (SSSR count). The molecule has 0 atom stereocenters. The summed E-state index contributed by atoms with van der Waals surface area (Å²) in [5, 5.41) is 10.6. The number of carbonyl (C=O) groups is 1. The SMILES string of the molecule is O=C(O)c1cc2c(ccc3oc4c(c32)CCCC4)oc1=O. The Hall–Kier alpha value is -2.56. The standard InChI is InChI=1S/C16H12O5/c17-15(18)10-7-9-12(21-16(10)19)5-6-13-14(9)8-3-1-2-4-11(8)20-13/h5-7H,1-4H2,(H,17,18). The lowest BCUT2D eigenvalue weighted by atomic mass is 9.94. The molecule has 3 aromatic rings. The summed E-state index contributed by atoms with van der Waals surface area (Å²) >= 11 is 0. The molecule has 0 aliphatic heterocycles. The highest BCUT2D eigenvalue weighted by Gasteiger charge is 2.21. The summed E-state index contributed by atoms with van der Waals surface area (Å²) in [7, 11) is 0. The van der Waals surface area contributed by atoms with Crippen molar-refractivity contribution in [2.24, 2.45) is 0 Å². The van der Waals surface area contributed by atoms with Crippen LogP contribution in [0.5, 0.6) is 0 Å². The van der Waals surface area contributed by atoms with Gasteiger partial charge in [0, 0.05) is 22.8 Å². The maximum atomic E-state index is 11.7. The average Bonchev–Trinajstić information content (AvgIpc) is 2.85. The molecule has 2 aromatic heterocycles. The van der Waals surface area contributed by atoms with Crippen molar-refractivity contribution < 1.29 is 18.7 Å². The van der Waals surface area contributed by atoms with E-state index in [1.165, 1.54) is 6.07 Å². The minimum absolute atomic E-state index is 0.347. The van der Waals surface area contributed by atoms with Gasteiger partial charge < -0.3 is 13.9 Å². The van der Waals surface area contributed by atoms with Crippen molar-refractivity contribution in [3.63, 3.8) is 0 Å². The van der Waals surface area contributed by atoms with Gasteiger partial charge in [0.05, 0.1) is 0 Å². The van der Waals surface area contributed by atoms with Gasteiger partial charge in [0.15, 0.2) is 0 Å². The smallest absolute Gasteiger partial charge is 0.351 e. The van der Waals surface area contributed by atoms with Crippen molar-refractivity contribution in [2.45, 2.75) is 25.7 Å². The van der Waals surface area contributed by atoms with E-state index in [9.17, 15) is 9.59 Å². The zero-order valence-electron chi connectivity index (χ0n) is 11.1. The molecule has 0 amide bonds. The van der Waals surface area contributed by atoms with Crippen LogP contribution in [0.4, 0.5) is 0 Å². The van der Waals surface area contributed by atoms with Crippen LogP contribution in [0.3, 0.4) is 0 Å². The van der Waals surface area contributed by atoms with Crippen molar-refractivity contribution in [3.05, 3.63) is 45.5 Å². The number of aromatic carboxylic acids is 1. The molecule has 1 aliphatic rings. The fourth-order valence-corrected chi connectivity index (χ4v) is 3.10. The van der Waals surface area contributed by atoms with Gasteiger partial charge >= 0.3 is 11.6 Å². The van der Waals surface area contributed by atoms with E-state index >= 15 is 0 Å². The first kappa shape index (κ1) is 12.2. The Kier molecular flexibility index (Phi) is 2.45. The van der Waals surface area contributed by atoms with E-state index in [0.717, 1.165) is 48.0 Å². The molecule has 0 radical (unpaired) electrons. The predicted molar refractivity (Wildman–Crippen MR) is 75.9 cm³/mol. The highest BCUT2D eigenvalue weighted by atomic mass is 16.4. The third-order valence-electron chi connectivity index (χ3n) is 4.06. The summed E-state index contributed by atoms with van der Waals surface area (Å²) in [5.41, 5.74) is 1.06. The maximum absolute atomic E-state index is 11.7. The lowest BCUT2D eigenvalue weighted by molar-refractivity contribution is 0.0692. The predicted octanol–water partition coefficient (Wildman–Crippen LogP) is 3.12. The molecule has 1 N–H and O–H groups in total. The molecular formula is C16H12O5. The third kappa shape index (κ3) is 1.70. The topological polar surface area (TPSA) is 80.7 Å². The molecule has 0 bridgehead atoms. The van der Waals surface area contributed by atoms with Gasteiger partial charge in [-0.3, -0.25) is 0 Å². The quantitative estimate of drug-likeness (QED) is 0.694. The number of furan rings is 1. The van der Waals surface area contributed by atoms with Gasteiger partial charge in [0.2, 0.25) is 0 Å². The van der Waals surface area contributed by atoms with Gasteiger partial charge in [-0.05, 0) is 37.5 Å². The minimum atomic E-state index is -1.28. The van der Waals surface area contributed by atoms with E-state index < -0.39 is 11.6 Å². The highest BCUT2D eigenvalue weighted by Crippen LogP contribution is 2.36. The van der Waals surface area contributed by atoms with Crippen molar-refractivity contribution >= 4 is 27.9 Å². The highest BCUT2D eigenvalue weighted by molar-refractivity contribution is 6.07. The van der Waals surface area contributed by atoms with Crippen LogP contribution < -0.4 is 5.63 Å². The number of carboxylic acids is 1. The van der Waals surface area contributed by atoms with Gasteiger partial charge in [-0.25, -0.2) is 9.59 Å². The van der Waals surface area contributed by atoms with Crippen molar-refractivity contribution in [3.8, 4) is 0 Å². The largest absolute Gasteiger partial charge is 0.477 e. The monoisotopic (exact) mass is 284 g/mol. The fraction of sp³-hybridized carbons (Fsp3) is 0.250. The summed E-state index contributed by atoms with van der Waals surface area (Å²) in [6.07, 6.45) is 3.98. The van der Waals surface area contributed by atoms with E-state index in [0.29, 0.717) is 11.0 Å². The molecule has 0 spiro atoms. The molecule has 0 fully saturated rings. The zero-order valence-corrected chi connectivity index (χ0v) is 11.1. The second-order valence-electron chi connectivity index (χ2n) is 5.31. The van der Waals surface area contributed by atoms with Crippen molar-refractivity contribution in [2.75, 3.05) is 0 Å². The Balaban J connectivity index is 2.17. The van der Waals surface area contributed by atoms with E-state index in [4.69, 9.17) is 13.9 Å². The molecule has 106 valence electrons. The van der Waals surface area contributed by atoms with Gasteiger partial charge in [-0.2, -0.15) is 0 Å². The first-order valence-electron chi connectivity index (χ1n) is 6.89. The summed E-state index contributed by atoms with van der Waals surface area (Å²) in [4.78, 5) is 22.8. The van der Waals surface area contributed by atoms with Crippen LogP contribution in [-0.2, 0) is 12.8 Å². The summed E-state index contributed by atoms with van der Waals surface area (Å²) in [5.74, 6) is -0.313. The number of fused-ring (bicyclic) bond motifs is 5. The molecular weight excluding hydrogens is 272 g/mol. The van der Waals surface area contributed by atoms with Crippen LogP contribution in [0, 0.1) is 0 Å². The summed E-state index contributed by atoms with van der Waals surface area (Å²) in [6, 6.07) is 4.83. The Morgan fingerprint density at radius 2 is 1.86 bits per heavy atom. The van der Waals surface area contributed by atoms with Crippen LogP contribution >= 0.6 is 0 Å². The number of benzene rings is 1. The Labute approximate surface area is 118 Å². The van der Waals surface area contributed by atoms with Crippen LogP contribution in [-0.4, -0.2) is 11.1 Å². The van der Waals surface area contributed by atoms with Crippen LogP contribution in [0.25, 0.3) is 21.9 Å². The van der Waals surface area contributed by atoms with Crippen LogP contribution in [0.2, 0.25) is 0 Å². The van der Waals surface area contributed by atoms with Gasteiger partial charge in [-0.15, -0.1) is 0 Å². The lowest BCUT2D eigenvalue weighted by Crippen LogP contribution is -2.12. The summed E-state index contributed by atoms with van der Waals surface area (Å²) in [6.45, 7) is 0. The number of hydrogen-bond donors (Lipinski definition) is 1. The van der Waals surface area contributed by atoms with E-state index in [-0.39, 0.29) is 5.56 Å². The van der Waals surface area contributed by atoms with Crippen molar-refractivity contribution in [1.82, 2.24) is 0 Å². The Morgan fingerprint density at radius 1 is 1.10 bits per heavy atom. The first-order valence-corrected chi connectivity index (χ1v) is 6.89. The van der Waals surface area contributed by atoms with Gasteiger partial charge in [0.1, 0.15) is 22.5 Å². The molecule has 0 unspecified atom stereocenters. The lowest BCUT2D eigenvalue weighted by Gasteiger charge is -2.09. The summed E-state index contributed by atoms with van der Waals surface area (Å²) < 4.78 is 11.0. The molecule has 5 heteroatoms. The molecule has 0 saturated carbocycles. The number of hydrogen-bond acceptors (Lipinski definition) is 4. The average molecular weight is 284 g/mol. The van der Waals surface area contributed by atoms with Gasteiger partial charge in [-0.1, -0.05) is 0 Å².